The van der Waals surface area contributed by atoms with Crippen molar-refractivity contribution in [2.24, 2.45) is 13.0 Å². The molecule has 3 aromatic rings. The SMILES string of the molecule is [2H]C([2H])([2H])NC(=O)c1cnc(NC(=O)C2CC2)cc1Nc1cccc(-c2cc(C(=O)N(C)C)n(C)n2)c1OC. The van der Waals surface area contributed by atoms with Gasteiger partial charge in [-0.05, 0) is 31.0 Å². The van der Waals surface area contributed by atoms with Crippen LogP contribution in [0.4, 0.5) is 17.2 Å². The fourth-order valence-corrected chi connectivity index (χ4v) is 3.68. The molecular formula is C25H29N7O4. The van der Waals surface area contributed by atoms with E-state index in [1.165, 1.54) is 29.0 Å². The fourth-order valence-electron chi connectivity index (χ4n) is 3.68. The van der Waals surface area contributed by atoms with Gasteiger partial charge in [0.1, 0.15) is 11.5 Å². The fraction of sp³-hybridized carbons (Fsp3) is 0.320. The Morgan fingerprint density at radius 3 is 2.64 bits per heavy atom. The normalized spacial score (nSPS) is 14.2. The quantitative estimate of drug-likeness (QED) is 0.439. The molecule has 0 saturated heterocycles. The molecule has 2 heterocycles. The summed E-state index contributed by atoms with van der Waals surface area (Å²) in [6.07, 6.45) is 2.80. The van der Waals surface area contributed by atoms with E-state index in [-0.39, 0.29) is 34.8 Å². The molecule has 3 amide bonds. The average Bonchev–Trinajstić information content (AvgIpc) is 3.64. The van der Waals surface area contributed by atoms with E-state index in [0.717, 1.165) is 12.8 Å². The third kappa shape index (κ3) is 4.99. The molecule has 0 spiro atoms. The van der Waals surface area contributed by atoms with Crippen molar-refractivity contribution < 1.29 is 23.2 Å². The number of nitrogens with zero attached hydrogens (tertiary/aromatic N) is 4. The van der Waals surface area contributed by atoms with Gasteiger partial charge >= 0.3 is 0 Å². The first kappa shape index (κ1) is 20.9. The summed E-state index contributed by atoms with van der Waals surface area (Å²) < 4.78 is 29.4. The molecule has 11 nitrogen and oxygen atoms in total. The van der Waals surface area contributed by atoms with Crippen molar-refractivity contribution in [2.75, 3.05) is 38.8 Å². The van der Waals surface area contributed by atoms with Crippen LogP contribution in [0.3, 0.4) is 0 Å². The summed E-state index contributed by atoms with van der Waals surface area (Å²) in [4.78, 5) is 43.2. The minimum atomic E-state index is -2.72. The number of pyridine rings is 1. The monoisotopic (exact) mass is 494 g/mol. The lowest BCUT2D eigenvalue weighted by atomic mass is 10.1. The number of benzene rings is 1. The van der Waals surface area contributed by atoms with Crippen LogP contribution in [-0.2, 0) is 11.8 Å². The summed E-state index contributed by atoms with van der Waals surface area (Å²) >= 11 is 0. The second kappa shape index (κ2) is 10.1. The predicted octanol–water partition coefficient (Wildman–Crippen LogP) is 2.64. The van der Waals surface area contributed by atoms with Crippen molar-refractivity contribution in [3.63, 3.8) is 0 Å². The Morgan fingerprint density at radius 1 is 1.19 bits per heavy atom. The molecule has 2 aromatic heterocycles. The maximum Gasteiger partial charge on any atom is 0.271 e. The van der Waals surface area contributed by atoms with Crippen molar-refractivity contribution >= 4 is 34.9 Å². The molecule has 1 aliphatic rings. The molecule has 0 radical (unpaired) electrons. The van der Waals surface area contributed by atoms with Crippen molar-refractivity contribution in [1.82, 2.24) is 25.0 Å². The molecule has 0 unspecified atom stereocenters. The summed E-state index contributed by atoms with van der Waals surface area (Å²) in [6, 6.07) is 8.31. The second-order valence-electron chi connectivity index (χ2n) is 8.58. The Hall–Kier alpha value is -4.41. The molecular weight excluding hydrogens is 462 g/mol. The highest BCUT2D eigenvalue weighted by Gasteiger charge is 2.30. The Morgan fingerprint density at radius 2 is 1.97 bits per heavy atom. The van der Waals surface area contributed by atoms with Gasteiger partial charge in [-0.25, -0.2) is 4.98 Å². The van der Waals surface area contributed by atoms with Gasteiger partial charge in [0, 0.05) is 56.0 Å². The average molecular weight is 495 g/mol. The number of aryl methyl sites for hydroxylation is 1. The number of amides is 3. The predicted molar refractivity (Wildman–Crippen MR) is 135 cm³/mol. The number of carbonyl (C=O) groups excluding carboxylic acids is 3. The first-order chi connectivity index (χ1) is 18.4. The number of hydrogen-bond donors (Lipinski definition) is 3. The van der Waals surface area contributed by atoms with Crippen molar-refractivity contribution in [2.45, 2.75) is 12.8 Å². The van der Waals surface area contributed by atoms with Crippen LogP contribution in [0.2, 0.25) is 0 Å². The van der Waals surface area contributed by atoms with Crippen LogP contribution in [0.5, 0.6) is 5.75 Å². The van der Waals surface area contributed by atoms with E-state index in [2.05, 4.69) is 20.7 Å². The van der Waals surface area contributed by atoms with Crippen LogP contribution in [0.25, 0.3) is 11.3 Å². The zero-order valence-corrected chi connectivity index (χ0v) is 20.4. The number of para-hydroxylation sites is 1. The highest BCUT2D eigenvalue weighted by atomic mass is 16.5. The Kier molecular flexibility index (Phi) is 5.85. The molecule has 3 N–H and O–H groups in total. The van der Waals surface area contributed by atoms with Crippen LogP contribution in [0.15, 0.2) is 36.5 Å². The maximum atomic E-state index is 12.8. The highest BCUT2D eigenvalue weighted by Crippen LogP contribution is 2.38. The first-order valence-electron chi connectivity index (χ1n) is 12.7. The first-order valence-corrected chi connectivity index (χ1v) is 11.2. The highest BCUT2D eigenvalue weighted by molar-refractivity contribution is 6.02. The van der Waals surface area contributed by atoms with Gasteiger partial charge in [-0.2, -0.15) is 5.10 Å². The molecule has 1 fully saturated rings. The molecule has 0 atom stereocenters. The lowest BCUT2D eigenvalue weighted by molar-refractivity contribution is -0.117. The third-order valence-corrected chi connectivity index (χ3v) is 5.73. The summed E-state index contributed by atoms with van der Waals surface area (Å²) in [7, 11) is 6.43. The number of anilines is 3. The molecule has 36 heavy (non-hydrogen) atoms. The minimum Gasteiger partial charge on any atom is -0.494 e. The van der Waals surface area contributed by atoms with Crippen LogP contribution < -0.4 is 20.7 Å². The summed E-state index contributed by atoms with van der Waals surface area (Å²) in [5.74, 6) is -0.774. The number of nitrogens with one attached hydrogen (secondary N) is 3. The van der Waals surface area contributed by atoms with Gasteiger partial charge in [-0.1, -0.05) is 6.07 Å². The van der Waals surface area contributed by atoms with Crippen molar-refractivity contribution in [3.8, 4) is 17.0 Å². The van der Waals surface area contributed by atoms with Gasteiger partial charge in [0.2, 0.25) is 5.91 Å². The van der Waals surface area contributed by atoms with Crippen LogP contribution in [0.1, 0.15) is 37.8 Å². The van der Waals surface area contributed by atoms with Gasteiger partial charge < -0.3 is 25.6 Å². The van der Waals surface area contributed by atoms with E-state index in [4.69, 9.17) is 8.85 Å². The lowest BCUT2D eigenvalue weighted by Crippen LogP contribution is -2.24. The number of hydrogen-bond acceptors (Lipinski definition) is 7. The van der Waals surface area contributed by atoms with E-state index in [1.54, 1.807) is 45.4 Å². The molecule has 0 bridgehead atoms. The van der Waals surface area contributed by atoms with Crippen LogP contribution >= 0.6 is 0 Å². The summed E-state index contributed by atoms with van der Waals surface area (Å²) in [5, 5.41) is 12.3. The number of carbonyl (C=O) groups is 3. The number of rotatable bonds is 8. The zero-order chi connectivity index (χ0) is 28.5. The lowest BCUT2D eigenvalue weighted by Gasteiger charge is -2.17. The summed E-state index contributed by atoms with van der Waals surface area (Å²) in [6.45, 7) is -2.72. The molecule has 188 valence electrons. The maximum absolute atomic E-state index is 12.8. The van der Waals surface area contributed by atoms with Crippen LogP contribution in [-0.4, -0.2) is 65.6 Å². The molecule has 4 rings (SSSR count). The van der Waals surface area contributed by atoms with Gasteiger partial charge in [0.05, 0.1) is 29.7 Å². The minimum absolute atomic E-state index is 0.0558. The van der Waals surface area contributed by atoms with Crippen LogP contribution in [0, 0.1) is 5.92 Å². The Bertz CT molecular complexity index is 1430. The Labute approximate surface area is 213 Å². The van der Waals surface area contributed by atoms with Gasteiger partial charge in [0.25, 0.3) is 11.8 Å². The van der Waals surface area contributed by atoms with E-state index in [9.17, 15) is 14.4 Å². The molecule has 0 aliphatic heterocycles. The zero-order valence-electron chi connectivity index (χ0n) is 23.4. The van der Waals surface area contributed by atoms with Gasteiger partial charge in [0.15, 0.2) is 5.75 Å². The standard InChI is InChI=1S/C25H29N7O4/c1-26-24(34)16-13-27-21(29-23(33)14-9-10-14)12-18(16)28-17-8-6-7-15(22(17)36-5)19-11-20(32(4)30-19)25(35)31(2)3/h6-8,11-14H,9-10H2,1-5H3,(H,26,34)(H2,27,28,29,33)/i1D3. The summed E-state index contributed by atoms with van der Waals surface area (Å²) in [5.41, 5.74) is 1.99. The molecule has 1 aromatic carbocycles. The van der Waals surface area contributed by atoms with E-state index >= 15 is 0 Å². The Balaban J connectivity index is 1.74. The van der Waals surface area contributed by atoms with E-state index < -0.39 is 12.9 Å². The van der Waals surface area contributed by atoms with E-state index in [1.807, 2.05) is 5.32 Å². The third-order valence-electron chi connectivity index (χ3n) is 5.73. The molecule has 1 aliphatic carbocycles. The second-order valence-corrected chi connectivity index (χ2v) is 8.58. The number of ether oxygens (including phenoxy) is 1. The number of methoxy groups -OCH3 is 1. The largest absolute Gasteiger partial charge is 0.494 e. The van der Waals surface area contributed by atoms with Crippen molar-refractivity contribution in [3.05, 3.63) is 47.8 Å². The smallest absolute Gasteiger partial charge is 0.271 e. The molecule has 11 heteroatoms. The topological polar surface area (TPSA) is 130 Å². The van der Waals surface area contributed by atoms with Gasteiger partial charge in [-0.15, -0.1) is 0 Å². The number of aromatic nitrogens is 3. The van der Waals surface area contributed by atoms with Gasteiger partial charge in [-0.3, -0.25) is 19.1 Å². The van der Waals surface area contributed by atoms with Crippen molar-refractivity contribution in [1.29, 1.82) is 0 Å². The van der Waals surface area contributed by atoms with E-state index in [0.29, 0.717) is 28.4 Å². The molecule has 1 saturated carbocycles.